The van der Waals surface area contributed by atoms with E-state index in [1.807, 2.05) is 27.7 Å². The second-order valence-electron chi connectivity index (χ2n) is 5.94. The molecule has 0 N–H and O–H groups in total. The Balaban J connectivity index is 1.67. The van der Waals surface area contributed by atoms with Crippen LogP contribution < -0.4 is 0 Å². The fourth-order valence-corrected chi connectivity index (χ4v) is 2.93. The third kappa shape index (κ3) is 2.39. The van der Waals surface area contributed by atoms with Crippen LogP contribution in [0, 0.1) is 27.7 Å². The van der Waals surface area contributed by atoms with Crippen LogP contribution in [0.2, 0.25) is 0 Å². The SMILES string of the molecule is Cc1nc(C2CCC(c3nc(C)c(C)o3)CC2)oc1C. The van der Waals surface area contributed by atoms with E-state index in [-0.39, 0.29) is 0 Å². The molecule has 0 atom stereocenters. The Morgan fingerprint density at radius 1 is 0.700 bits per heavy atom. The van der Waals surface area contributed by atoms with Gasteiger partial charge < -0.3 is 8.83 Å². The van der Waals surface area contributed by atoms with E-state index < -0.39 is 0 Å². The predicted molar refractivity (Wildman–Crippen MR) is 75.9 cm³/mol. The van der Waals surface area contributed by atoms with Gasteiger partial charge in [0.2, 0.25) is 0 Å². The van der Waals surface area contributed by atoms with Gasteiger partial charge in [0.25, 0.3) is 0 Å². The maximum absolute atomic E-state index is 5.77. The van der Waals surface area contributed by atoms with Gasteiger partial charge in [-0.2, -0.15) is 0 Å². The van der Waals surface area contributed by atoms with Gasteiger partial charge in [-0.3, -0.25) is 0 Å². The van der Waals surface area contributed by atoms with Gasteiger partial charge in [-0.1, -0.05) is 0 Å². The first kappa shape index (κ1) is 13.4. The van der Waals surface area contributed by atoms with Crippen LogP contribution in [0.25, 0.3) is 0 Å². The van der Waals surface area contributed by atoms with Crippen molar-refractivity contribution < 1.29 is 8.83 Å². The number of rotatable bonds is 2. The molecule has 0 bridgehead atoms. The molecule has 2 aromatic heterocycles. The molecule has 2 heterocycles. The monoisotopic (exact) mass is 274 g/mol. The van der Waals surface area contributed by atoms with Crippen LogP contribution in [-0.4, -0.2) is 9.97 Å². The standard InChI is InChI=1S/C16H22N2O2/c1-9-11(3)19-15(17-9)13-5-7-14(8-6-13)16-18-10(2)12(4)20-16/h13-14H,5-8H2,1-4H3. The minimum Gasteiger partial charge on any atom is -0.445 e. The highest BCUT2D eigenvalue weighted by Crippen LogP contribution is 2.40. The summed E-state index contributed by atoms with van der Waals surface area (Å²) in [5.74, 6) is 4.63. The second-order valence-corrected chi connectivity index (χ2v) is 5.94. The maximum Gasteiger partial charge on any atom is 0.197 e. The third-order valence-electron chi connectivity index (χ3n) is 4.52. The molecule has 3 rings (SSSR count). The molecule has 0 unspecified atom stereocenters. The van der Waals surface area contributed by atoms with Gasteiger partial charge in [0, 0.05) is 11.8 Å². The summed E-state index contributed by atoms with van der Waals surface area (Å²) >= 11 is 0. The number of nitrogens with zero attached hydrogens (tertiary/aromatic N) is 2. The Morgan fingerprint density at radius 2 is 1.05 bits per heavy atom. The first-order valence-electron chi connectivity index (χ1n) is 7.42. The van der Waals surface area contributed by atoms with E-state index in [4.69, 9.17) is 8.83 Å². The molecule has 20 heavy (non-hydrogen) atoms. The quantitative estimate of drug-likeness (QED) is 0.817. The van der Waals surface area contributed by atoms with Gasteiger partial charge in [-0.25, -0.2) is 9.97 Å². The van der Waals surface area contributed by atoms with Crippen molar-refractivity contribution in [2.24, 2.45) is 0 Å². The van der Waals surface area contributed by atoms with Crippen LogP contribution in [0.5, 0.6) is 0 Å². The van der Waals surface area contributed by atoms with Crippen molar-refractivity contribution in [3.63, 3.8) is 0 Å². The summed E-state index contributed by atoms with van der Waals surface area (Å²) in [6, 6.07) is 0. The average molecular weight is 274 g/mol. The van der Waals surface area contributed by atoms with Gasteiger partial charge in [-0.05, 0) is 53.4 Å². The molecule has 1 aliphatic rings. The van der Waals surface area contributed by atoms with Crippen molar-refractivity contribution in [3.05, 3.63) is 34.7 Å². The highest BCUT2D eigenvalue weighted by molar-refractivity contribution is 5.11. The van der Waals surface area contributed by atoms with E-state index in [9.17, 15) is 0 Å². The molecule has 1 aliphatic carbocycles. The molecule has 0 aliphatic heterocycles. The molecule has 1 saturated carbocycles. The summed E-state index contributed by atoms with van der Waals surface area (Å²) in [4.78, 5) is 9.09. The molecule has 2 aromatic rings. The van der Waals surface area contributed by atoms with Crippen LogP contribution in [0.4, 0.5) is 0 Å². The Morgan fingerprint density at radius 3 is 1.30 bits per heavy atom. The van der Waals surface area contributed by atoms with Gasteiger partial charge in [0.05, 0.1) is 11.4 Å². The number of oxazole rings is 2. The second kappa shape index (κ2) is 5.08. The molecular formula is C16H22N2O2. The third-order valence-corrected chi connectivity index (χ3v) is 4.52. The van der Waals surface area contributed by atoms with Gasteiger partial charge in [-0.15, -0.1) is 0 Å². The van der Waals surface area contributed by atoms with E-state index >= 15 is 0 Å². The molecule has 108 valence electrons. The minimum absolute atomic E-state index is 0.454. The number of hydrogen-bond donors (Lipinski definition) is 0. The molecule has 0 radical (unpaired) electrons. The number of hydrogen-bond acceptors (Lipinski definition) is 4. The van der Waals surface area contributed by atoms with Gasteiger partial charge >= 0.3 is 0 Å². The molecule has 0 spiro atoms. The molecule has 1 fully saturated rings. The topological polar surface area (TPSA) is 52.1 Å². The molecule has 4 nitrogen and oxygen atoms in total. The number of aryl methyl sites for hydroxylation is 4. The van der Waals surface area contributed by atoms with Crippen LogP contribution >= 0.6 is 0 Å². The zero-order chi connectivity index (χ0) is 14.3. The summed E-state index contributed by atoms with van der Waals surface area (Å²) in [5.41, 5.74) is 2.03. The van der Waals surface area contributed by atoms with E-state index in [1.54, 1.807) is 0 Å². The molecule has 0 saturated heterocycles. The highest BCUT2D eigenvalue weighted by atomic mass is 16.4. The van der Waals surface area contributed by atoms with Gasteiger partial charge in [0.15, 0.2) is 11.8 Å². The van der Waals surface area contributed by atoms with Crippen molar-refractivity contribution in [2.75, 3.05) is 0 Å². The summed E-state index contributed by atoms with van der Waals surface area (Å²) in [6.45, 7) is 7.98. The average Bonchev–Trinajstić information content (AvgIpc) is 2.94. The maximum atomic E-state index is 5.77. The van der Waals surface area contributed by atoms with Crippen molar-refractivity contribution in [2.45, 2.75) is 65.2 Å². The zero-order valence-corrected chi connectivity index (χ0v) is 12.7. The fourth-order valence-electron chi connectivity index (χ4n) is 2.93. The molecule has 0 amide bonds. The minimum atomic E-state index is 0.454. The first-order valence-corrected chi connectivity index (χ1v) is 7.42. The normalized spacial score (nSPS) is 23.2. The summed E-state index contributed by atoms with van der Waals surface area (Å²) in [6.07, 6.45) is 4.41. The van der Waals surface area contributed by atoms with Crippen LogP contribution in [-0.2, 0) is 0 Å². The summed E-state index contributed by atoms with van der Waals surface area (Å²) in [7, 11) is 0. The van der Waals surface area contributed by atoms with E-state index in [0.29, 0.717) is 11.8 Å². The lowest BCUT2D eigenvalue weighted by Gasteiger charge is -2.24. The fraction of sp³-hybridized carbons (Fsp3) is 0.625. The Kier molecular flexibility index (Phi) is 3.40. The lowest BCUT2D eigenvalue weighted by atomic mass is 9.82. The van der Waals surface area contributed by atoms with Crippen molar-refractivity contribution >= 4 is 0 Å². The number of aromatic nitrogens is 2. The van der Waals surface area contributed by atoms with E-state index in [1.165, 1.54) is 0 Å². The lowest BCUT2D eigenvalue weighted by molar-refractivity contribution is 0.301. The predicted octanol–water partition coefficient (Wildman–Crippen LogP) is 4.34. The molecular weight excluding hydrogens is 252 g/mol. The van der Waals surface area contributed by atoms with E-state index in [2.05, 4.69) is 9.97 Å². The Bertz CT molecular complexity index is 511. The highest BCUT2D eigenvalue weighted by Gasteiger charge is 2.29. The molecule has 0 aromatic carbocycles. The molecule has 4 heteroatoms. The Labute approximate surface area is 119 Å². The van der Waals surface area contributed by atoms with Crippen molar-refractivity contribution in [3.8, 4) is 0 Å². The Hall–Kier alpha value is -1.58. The summed E-state index contributed by atoms with van der Waals surface area (Å²) < 4.78 is 11.5. The van der Waals surface area contributed by atoms with Crippen molar-refractivity contribution in [1.82, 2.24) is 9.97 Å². The lowest BCUT2D eigenvalue weighted by Crippen LogP contribution is -2.12. The zero-order valence-electron chi connectivity index (χ0n) is 12.7. The van der Waals surface area contributed by atoms with Crippen molar-refractivity contribution in [1.29, 1.82) is 0 Å². The summed E-state index contributed by atoms with van der Waals surface area (Å²) in [5, 5.41) is 0. The van der Waals surface area contributed by atoms with Crippen LogP contribution in [0.15, 0.2) is 8.83 Å². The largest absolute Gasteiger partial charge is 0.445 e. The van der Waals surface area contributed by atoms with Crippen LogP contribution in [0.1, 0.15) is 72.2 Å². The smallest absolute Gasteiger partial charge is 0.197 e. The first-order chi connectivity index (χ1) is 9.54. The van der Waals surface area contributed by atoms with E-state index in [0.717, 1.165) is 60.4 Å². The van der Waals surface area contributed by atoms with Crippen LogP contribution in [0.3, 0.4) is 0 Å². The van der Waals surface area contributed by atoms with Gasteiger partial charge in [0.1, 0.15) is 11.5 Å².